The number of benzene rings is 2. The van der Waals surface area contributed by atoms with Gasteiger partial charge in [-0.25, -0.2) is 4.98 Å². The van der Waals surface area contributed by atoms with Gasteiger partial charge >= 0.3 is 0 Å². The molecule has 0 radical (unpaired) electrons. The van der Waals surface area contributed by atoms with Crippen molar-refractivity contribution >= 4 is 34.3 Å². The SMILES string of the molecule is CCSc1ccc(Cl)cc1Cn1cnc2cc(C)c(C)cc2c1=O. The summed E-state index contributed by atoms with van der Waals surface area (Å²) in [5, 5.41) is 1.34. The summed E-state index contributed by atoms with van der Waals surface area (Å²) in [5.41, 5.74) is 4.01. The summed E-state index contributed by atoms with van der Waals surface area (Å²) >= 11 is 7.89. The number of aromatic nitrogens is 2. The fourth-order valence-corrected chi connectivity index (χ4v) is 3.66. The zero-order valence-electron chi connectivity index (χ0n) is 14.0. The van der Waals surface area contributed by atoms with Gasteiger partial charge in [-0.3, -0.25) is 9.36 Å². The lowest BCUT2D eigenvalue weighted by molar-refractivity contribution is 0.738. The molecular weight excluding hydrogens is 340 g/mol. The molecule has 0 spiro atoms. The monoisotopic (exact) mass is 358 g/mol. The molecule has 124 valence electrons. The summed E-state index contributed by atoms with van der Waals surface area (Å²) in [7, 11) is 0. The van der Waals surface area contributed by atoms with E-state index in [1.807, 2.05) is 44.2 Å². The van der Waals surface area contributed by atoms with E-state index in [2.05, 4.69) is 11.9 Å². The van der Waals surface area contributed by atoms with Gasteiger partial charge in [-0.1, -0.05) is 18.5 Å². The van der Waals surface area contributed by atoms with Gasteiger partial charge in [-0.05, 0) is 66.6 Å². The Morgan fingerprint density at radius 1 is 1.17 bits per heavy atom. The molecule has 1 aromatic heterocycles. The van der Waals surface area contributed by atoms with Crippen molar-refractivity contribution in [2.24, 2.45) is 0 Å². The van der Waals surface area contributed by atoms with E-state index in [1.165, 1.54) is 0 Å². The molecule has 0 aliphatic rings. The van der Waals surface area contributed by atoms with Gasteiger partial charge in [0.15, 0.2) is 0 Å². The van der Waals surface area contributed by atoms with Crippen molar-refractivity contribution in [3.05, 3.63) is 68.7 Å². The third kappa shape index (κ3) is 3.35. The number of rotatable bonds is 4. The van der Waals surface area contributed by atoms with Gasteiger partial charge in [-0.15, -0.1) is 11.8 Å². The Morgan fingerprint density at radius 2 is 1.92 bits per heavy atom. The maximum atomic E-state index is 12.8. The van der Waals surface area contributed by atoms with Crippen molar-refractivity contribution in [3.63, 3.8) is 0 Å². The third-order valence-corrected chi connectivity index (χ3v) is 5.34. The van der Waals surface area contributed by atoms with E-state index in [0.717, 1.165) is 32.9 Å². The first kappa shape index (κ1) is 17.1. The second kappa shape index (κ2) is 6.99. The molecule has 5 heteroatoms. The highest BCUT2D eigenvalue weighted by Crippen LogP contribution is 2.26. The van der Waals surface area contributed by atoms with Crippen LogP contribution in [0.15, 0.2) is 46.3 Å². The van der Waals surface area contributed by atoms with Crippen LogP contribution in [0.4, 0.5) is 0 Å². The molecule has 2 aromatic carbocycles. The molecule has 0 fully saturated rings. The minimum absolute atomic E-state index is 0.0180. The average molecular weight is 359 g/mol. The van der Waals surface area contributed by atoms with Gasteiger partial charge in [-0.2, -0.15) is 0 Å². The van der Waals surface area contributed by atoms with Crippen LogP contribution in [-0.2, 0) is 6.54 Å². The largest absolute Gasteiger partial charge is 0.294 e. The van der Waals surface area contributed by atoms with Crippen LogP contribution in [0.2, 0.25) is 5.02 Å². The van der Waals surface area contributed by atoms with E-state index in [9.17, 15) is 4.79 Å². The van der Waals surface area contributed by atoms with Crippen LogP contribution >= 0.6 is 23.4 Å². The molecule has 0 N–H and O–H groups in total. The smallest absolute Gasteiger partial charge is 0.261 e. The molecule has 0 amide bonds. The van der Waals surface area contributed by atoms with Crippen molar-refractivity contribution in [1.29, 1.82) is 0 Å². The minimum Gasteiger partial charge on any atom is -0.294 e. The maximum absolute atomic E-state index is 12.8. The first-order valence-electron chi connectivity index (χ1n) is 7.87. The number of thioether (sulfide) groups is 1. The minimum atomic E-state index is -0.0180. The highest BCUT2D eigenvalue weighted by Gasteiger charge is 2.09. The summed E-state index contributed by atoms with van der Waals surface area (Å²) in [6.07, 6.45) is 1.63. The molecule has 3 nitrogen and oxygen atoms in total. The highest BCUT2D eigenvalue weighted by atomic mass is 35.5. The van der Waals surface area contributed by atoms with Crippen molar-refractivity contribution < 1.29 is 0 Å². The second-order valence-electron chi connectivity index (χ2n) is 5.82. The van der Waals surface area contributed by atoms with Crippen LogP contribution < -0.4 is 5.56 Å². The van der Waals surface area contributed by atoms with Gasteiger partial charge in [0.05, 0.1) is 23.8 Å². The van der Waals surface area contributed by atoms with E-state index in [1.54, 1.807) is 22.7 Å². The lowest BCUT2D eigenvalue weighted by Crippen LogP contribution is -2.21. The molecule has 0 saturated heterocycles. The van der Waals surface area contributed by atoms with Crippen LogP contribution in [0.25, 0.3) is 10.9 Å². The van der Waals surface area contributed by atoms with Crippen LogP contribution in [0.5, 0.6) is 0 Å². The standard InChI is InChI=1S/C19H19ClN2OS/c1-4-24-18-6-5-15(20)9-14(18)10-22-11-21-17-8-13(3)12(2)7-16(17)19(22)23/h5-9,11H,4,10H2,1-3H3. The molecular formula is C19H19ClN2OS. The molecule has 3 aromatic rings. The van der Waals surface area contributed by atoms with Crippen LogP contribution in [0, 0.1) is 13.8 Å². The molecule has 0 atom stereocenters. The summed E-state index contributed by atoms with van der Waals surface area (Å²) < 4.78 is 1.66. The fraction of sp³-hybridized carbons (Fsp3) is 0.263. The van der Waals surface area contributed by atoms with Gasteiger partial charge in [0.2, 0.25) is 0 Å². The predicted molar refractivity (Wildman–Crippen MR) is 102 cm³/mol. The lowest BCUT2D eigenvalue weighted by atomic mass is 10.1. The molecule has 24 heavy (non-hydrogen) atoms. The van der Waals surface area contributed by atoms with Gasteiger partial charge < -0.3 is 0 Å². The maximum Gasteiger partial charge on any atom is 0.261 e. The Labute approximate surface area is 150 Å². The third-order valence-electron chi connectivity index (χ3n) is 4.10. The quantitative estimate of drug-likeness (QED) is 0.627. The molecule has 0 aliphatic carbocycles. The van der Waals surface area contributed by atoms with Crippen LogP contribution in [0.1, 0.15) is 23.6 Å². The Kier molecular flexibility index (Phi) is 4.97. The van der Waals surface area contributed by atoms with E-state index in [-0.39, 0.29) is 5.56 Å². The zero-order chi connectivity index (χ0) is 17.3. The molecule has 3 rings (SSSR count). The average Bonchev–Trinajstić information content (AvgIpc) is 2.55. The zero-order valence-corrected chi connectivity index (χ0v) is 15.5. The number of fused-ring (bicyclic) bond motifs is 1. The summed E-state index contributed by atoms with van der Waals surface area (Å²) in [6, 6.07) is 9.72. The highest BCUT2D eigenvalue weighted by molar-refractivity contribution is 7.99. The van der Waals surface area contributed by atoms with Crippen LogP contribution in [0.3, 0.4) is 0 Å². The lowest BCUT2D eigenvalue weighted by Gasteiger charge is -2.12. The Morgan fingerprint density at radius 3 is 2.67 bits per heavy atom. The number of hydrogen-bond donors (Lipinski definition) is 0. The number of halogens is 1. The Bertz CT molecular complexity index is 965. The van der Waals surface area contributed by atoms with Crippen molar-refractivity contribution in [1.82, 2.24) is 9.55 Å². The Hall–Kier alpha value is -1.78. The van der Waals surface area contributed by atoms with Crippen molar-refractivity contribution in [3.8, 4) is 0 Å². The van der Waals surface area contributed by atoms with Gasteiger partial charge in [0, 0.05) is 9.92 Å². The first-order chi connectivity index (χ1) is 11.5. The van der Waals surface area contributed by atoms with Crippen molar-refractivity contribution in [2.75, 3.05) is 5.75 Å². The topological polar surface area (TPSA) is 34.9 Å². The molecule has 0 unspecified atom stereocenters. The number of nitrogens with zero attached hydrogens (tertiary/aromatic N) is 2. The summed E-state index contributed by atoms with van der Waals surface area (Å²) in [4.78, 5) is 18.4. The molecule has 0 aliphatic heterocycles. The molecule has 0 bridgehead atoms. The second-order valence-corrected chi connectivity index (χ2v) is 7.56. The fourth-order valence-electron chi connectivity index (χ4n) is 2.68. The number of hydrogen-bond acceptors (Lipinski definition) is 3. The van der Waals surface area contributed by atoms with E-state index >= 15 is 0 Å². The number of aryl methyl sites for hydroxylation is 2. The normalized spacial score (nSPS) is 11.2. The molecule has 0 saturated carbocycles. The van der Waals surface area contributed by atoms with Gasteiger partial charge in [0.1, 0.15) is 0 Å². The Balaban J connectivity index is 2.08. The van der Waals surface area contributed by atoms with E-state index < -0.39 is 0 Å². The first-order valence-corrected chi connectivity index (χ1v) is 9.23. The van der Waals surface area contributed by atoms with Crippen LogP contribution in [-0.4, -0.2) is 15.3 Å². The van der Waals surface area contributed by atoms with Gasteiger partial charge in [0.25, 0.3) is 5.56 Å². The summed E-state index contributed by atoms with van der Waals surface area (Å²) in [5.74, 6) is 0.970. The molecule has 1 heterocycles. The van der Waals surface area contributed by atoms with E-state index in [0.29, 0.717) is 17.0 Å². The van der Waals surface area contributed by atoms with Crippen molar-refractivity contribution in [2.45, 2.75) is 32.2 Å². The predicted octanol–water partition coefficient (Wildman–Crippen LogP) is 4.83. The summed E-state index contributed by atoms with van der Waals surface area (Å²) in [6.45, 7) is 6.62. The van der Waals surface area contributed by atoms with E-state index in [4.69, 9.17) is 11.6 Å².